The number of likely N-dealkylation sites (tertiary alicyclic amines) is 1. The van der Waals surface area contributed by atoms with E-state index in [1.807, 2.05) is 33.8 Å². The number of benzene rings is 2. The summed E-state index contributed by atoms with van der Waals surface area (Å²) in [6.07, 6.45) is 0.505. The molecule has 402 valence electrons. The highest BCUT2D eigenvalue weighted by Crippen LogP contribution is 2.21. The number of nitrogens with zero attached hydrogens (tertiary/aromatic N) is 4. The summed E-state index contributed by atoms with van der Waals surface area (Å²) in [6, 6.07) is 7.44. The molecule has 19 nitrogen and oxygen atoms in total. The van der Waals surface area contributed by atoms with Gasteiger partial charge in [0.15, 0.2) is 0 Å². The van der Waals surface area contributed by atoms with Crippen LogP contribution in [-0.2, 0) is 56.0 Å². The highest BCUT2D eigenvalue weighted by atomic mass is 16.3. The van der Waals surface area contributed by atoms with E-state index >= 15 is 4.79 Å². The Hall–Kier alpha value is -6.37. The number of hydrogen-bond acceptors (Lipinski definition) is 10. The lowest BCUT2D eigenvalue weighted by Gasteiger charge is -2.37. The van der Waals surface area contributed by atoms with Gasteiger partial charge in [-0.05, 0) is 74.8 Å². The Bertz CT molecular complexity index is 2220. The first-order chi connectivity index (χ1) is 34.4. The number of hydrogen-bond donors (Lipinski definition) is 6. The van der Waals surface area contributed by atoms with E-state index in [1.165, 1.54) is 44.8 Å². The number of nitrogens with one attached hydrogen (secondary N) is 5. The number of aliphatic hydroxyl groups is 1. The van der Waals surface area contributed by atoms with Crippen molar-refractivity contribution in [1.82, 2.24) is 46.2 Å². The maximum absolute atomic E-state index is 15.1. The molecule has 73 heavy (non-hydrogen) atoms. The molecule has 0 radical (unpaired) electrons. The lowest BCUT2D eigenvalue weighted by molar-refractivity contribution is -0.150. The Labute approximate surface area is 431 Å². The average molecular weight is 1020 g/mol. The van der Waals surface area contributed by atoms with E-state index in [2.05, 4.69) is 26.6 Å². The molecule has 0 unspecified atom stereocenters. The molecule has 9 atom stereocenters. The molecule has 0 bridgehead atoms. The molecule has 2 saturated heterocycles. The average Bonchev–Trinajstić information content (AvgIpc) is 3.35. The molecule has 0 aliphatic carbocycles. The van der Waals surface area contributed by atoms with Crippen molar-refractivity contribution in [3.8, 4) is 0 Å². The smallest absolute Gasteiger partial charge is 0.248 e. The fourth-order valence-corrected chi connectivity index (χ4v) is 9.19. The summed E-state index contributed by atoms with van der Waals surface area (Å²) < 4.78 is 0. The van der Waals surface area contributed by atoms with Crippen LogP contribution in [0.3, 0.4) is 0 Å². The molecule has 2 aromatic rings. The monoisotopic (exact) mass is 1020 g/mol. The van der Waals surface area contributed by atoms with E-state index in [1.54, 1.807) is 73.3 Å². The molecule has 2 fully saturated rings. The summed E-state index contributed by atoms with van der Waals surface area (Å²) >= 11 is 0. The Balaban J connectivity index is 1.90. The van der Waals surface area contributed by atoms with Gasteiger partial charge in [0.05, 0.1) is 12.5 Å². The van der Waals surface area contributed by atoms with Crippen molar-refractivity contribution >= 4 is 53.2 Å². The molecule has 2 aliphatic rings. The largest absolute Gasteiger partial charge is 0.391 e. The second-order valence-corrected chi connectivity index (χ2v) is 21.0. The van der Waals surface area contributed by atoms with E-state index in [0.717, 1.165) is 11.3 Å². The van der Waals surface area contributed by atoms with Gasteiger partial charge in [-0.15, -0.1) is 0 Å². The molecule has 4 rings (SSSR count). The minimum absolute atomic E-state index is 0.00869. The van der Waals surface area contributed by atoms with Gasteiger partial charge < -0.3 is 51.3 Å². The fourth-order valence-electron chi connectivity index (χ4n) is 9.19. The van der Waals surface area contributed by atoms with Crippen LogP contribution in [0.15, 0.2) is 60.7 Å². The van der Waals surface area contributed by atoms with Gasteiger partial charge in [0.1, 0.15) is 48.3 Å². The predicted octanol–water partition coefficient (Wildman–Crippen LogP) is 1.94. The van der Waals surface area contributed by atoms with E-state index in [-0.39, 0.29) is 37.5 Å². The summed E-state index contributed by atoms with van der Waals surface area (Å²) in [5, 5.41) is 24.6. The van der Waals surface area contributed by atoms with E-state index in [9.17, 15) is 43.5 Å². The van der Waals surface area contributed by atoms with Crippen molar-refractivity contribution in [1.29, 1.82) is 0 Å². The van der Waals surface area contributed by atoms with Gasteiger partial charge in [0.2, 0.25) is 53.2 Å². The van der Waals surface area contributed by atoms with Crippen LogP contribution in [0, 0.1) is 17.8 Å². The predicted molar refractivity (Wildman–Crippen MR) is 276 cm³/mol. The Kier molecular flexibility index (Phi) is 22.4. The third kappa shape index (κ3) is 16.8. The molecule has 9 amide bonds. The second-order valence-electron chi connectivity index (χ2n) is 21.0. The second kappa shape index (κ2) is 27.6. The number of carbonyl (C=O) groups is 9. The van der Waals surface area contributed by atoms with Gasteiger partial charge in [-0.3, -0.25) is 43.2 Å². The Morgan fingerprint density at radius 1 is 0.562 bits per heavy atom. The van der Waals surface area contributed by atoms with E-state index < -0.39 is 120 Å². The molecule has 2 aliphatic heterocycles. The summed E-state index contributed by atoms with van der Waals surface area (Å²) in [4.78, 5) is 136. The standard InChI is InChI=1S/C54H81N9O10/c1-32(2)27-39-48(67)59-46(36(8)64)54(73)60(9)35(7)47(66)56-40(29-37-21-15-12-16-22-37)51(70)62(11)43(28-33(3)4)53(72)61(10)42(30-38-23-17-13-18-24-38)49(68)57-41(52(71)63-25-19-14-20-26-63)31-44(65)58-45(34(5)6)50(69)55-39/h12-13,15-18,21-24,32-36,39-43,45-46,64H,14,19-20,25-31H2,1-11H3,(H,55,69)(H,56,66)(H,57,68)(H,58,65)(H,59,67)/t35-,36+,39-,40-,41-,42-,43-,45+,46-/m0/s1. The van der Waals surface area contributed by atoms with Gasteiger partial charge in [0, 0.05) is 47.1 Å². The van der Waals surface area contributed by atoms with Crippen LogP contribution in [-0.4, -0.2) is 167 Å². The zero-order chi connectivity index (χ0) is 54.3. The Morgan fingerprint density at radius 3 is 1.63 bits per heavy atom. The van der Waals surface area contributed by atoms with Gasteiger partial charge in [0.25, 0.3) is 0 Å². The summed E-state index contributed by atoms with van der Waals surface area (Å²) in [5.74, 6) is -7.20. The van der Waals surface area contributed by atoms with Crippen molar-refractivity contribution in [3.05, 3.63) is 71.8 Å². The molecule has 2 aromatic carbocycles. The van der Waals surface area contributed by atoms with Crippen molar-refractivity contribution in [3.63, 3.8) is 0 Å². The highest BCUT2D eigenvalue weighted by molar-refractivity contribution is 5.99. The van der Waals surface area contributed by atoms with E-state index in [0.29, 0.717) is 37.1 Å². The number of likely N-dealkylation sites (N-methyl/N-ethyl adjacent to an activating group) is 3. The molecular weight excluding hydrogens is 935 g/mol. The van der Waals surface area contributed by atoms with Crippen LogP contribution in [0.1, 0.15) is 105 Å². The minimum Gasteiger partial charge on any atom is -0.391 e. The summed E-state index contributed by atoms with van der Waals surface area (Å²) in [6.45, 7) is 14.3. The molecular formula is C54H81N9O10. The third-order valence-corrected chi connectivity index (χ3v) is 13.7. The number of piperidine rings is 1. The first kappa shape index (κ1) is 59.2. The number of amides is 9. The van der Waals surface area contributed by atoms with E-state index in [4.69, 9.17) is 0 Å². The van der Waals surface area contributed by atoms with Crippen molar-refractivity contribution in [2.45, 2.75) is 161 Å². The lowest BCUT2D eigenvalue weighted by Crippen LogP contribution is -2.62. The fraction of sp³-hybridized carbons (Fsp3) is 0.611. The highest BCUT2D eigenvalue weighted by Gasteiger charge is 2.41. The lowest BCUT2D eigenvalue weighted by atomic mass is 9.97. The van der Waals surface area contributed by atoms with Crippen LogP contribution in [0.2, 0.25) is 0 Å². The van der Waals surface area contributed by atoms with Crippen molar-refractivity contribution in [2.75, 3.05) is 34.2 Å². The first-order valence-corrected chi connectivity index (χ1v) is 25.8. The maximum atomic E-state index is 15.1. The maximum Gasteiger partial charge on any atom is 0.248 e. The molecule has 6 N–H and O–H groups in total. The quantitative estimate of drug-likeness (QED) is 0.191. The number of rotatable bonds is 11. The van der Waals surface area contributed by atoms with Crippen LogP contribution in [0.25, 0.3) is 0 Å². The molecule has 2 heterocycles. The van der Waals surface area contributed by atoms with Crippen LogP contribution in [0.4, 0.5) is 0 Å². The summed E-state index contributed by atoms with van der Waals surface area (Å²) in [7, 11) is 4.24. The molecule has 0 saturated carbocycles. The zero-order valence-corrected chi connectivity index (χ0v) is 44.7. The van der Waals surface area contributed by atoms with Gasteiger partial charge in [-0.2, -0.15) is 0 Å². The van der Waals surface area contributed by atoms with Crippen LogP contribution in [0.5, 0.6) is 0 Å². The normalized spacial score (nSPS) is 25.9. The topological polar surface area (TPSA) is 247 Å². The summed E-state index contributed by atoms with van der Waals surface area (Å²) in [5.41, 5.74) is 1.37. The van der Waals surface area contributed by atoms with Crippen molar-refractivity contribution < 1.29 is 48.3 Å². The zero-order valence-electron chi connectivity index (χ0n) is 44.7. The minimum atomic E-state index is -1.59. The van der Waals surface area contributed by atoms with Crippen LogP contribution >= 0.6 is 0 Å². The number of aliphatic hydroxyl groups excluding tert-OH is 1. The van der Waals surface area contributed by atoms with Crippen molar-refractivity contribution in [2.24, 2.45) is 17.8 Å². The van der Waals surface area contributed by atoms with Gasteiger partial charge in [-0.1, -0.05) is 102 Å². The SMILES string of the molecule is CC(C)C[C@@H]1NC(=O)[C@@H](C(C)C)NC(=O)C[C@@H](C(=O)N2CCCCC2)NC(=O)[C@H](Cc2ccccc2)N(C)C(=O)[C@H](CC(C)C)N(C)C(=O)[C@H](Cc2ccccc2)NC(=O)[C@H](C)N(C)C(=O)[C@H]([C@@H](C)O)NC1=O. The number of carbonyl (C=O) groups excluding carboxylic acids is 9. The van der Waals surface area contributed by atoms with Crippen LogP contribution < -0.4 is 26.6 Å². The van der Waals surface area contributed by atoms with Gasteiger partial charge in [-0.25, -0.2) is 0 Å². The molecule has 0 spiro atoms. The third-order valence-electron chi connectivity index (χ3n) is 13.7. The Morgan fingerprint density at radius 2 is 1.10 bits per heavy atom. The molecule has 0 aromatic heterocycles. The van der Waals surface area contributed by atoms with Gasteiger partial charge >= 0.3 is 0 Å². The molecule has 19 heteroatoms. The first-order valence-electron chi connectivity index (χ1n) is 25.8.